The normalized spacial score (nSPS) is 9.75. The van der Waals surface area contributed by atoms with Crippen molar-refractivity contribution in [2.24, 2.45) is 0 Å². The second kappa shape index (κ2) is 3.85. The van der Waals surface area contributed by atoms with Gasteiger partial charge in [-0.15, -0.1) is 0 Å². The highest BCUT2D eigenvalue weighted by Gasteiger charge is 2.24. The average molecular weight is 227 g/mol. The third kappa shape index (κ3) is 1.90. The van der Waals surface area contributed by atoms with E-state index in [9.17, 15) is 19.7 Å². The second-order valence-corrected chi connectivity index (χ2v) is 2.75. The first-order valence-corrected chi connectivity index (χ1v) is 3.82. The molecule has 0 spiro atoms. The fraction of sp³-hybridized carbons (Fsp3) is 0. The first-order valence-electron chi connectivity index (χ1n) is 3.82. The molecule has 84 valence electrons. The molecular weight excluding hydrogens is 222 g/mol. The predicted octanol–water partition coefficient (Wildman–Crippen LogP) is 0.697. The predicted molar refractivity (Wildman–Crippen MR) is 48.7 cm³/mol. The van der Waals surface area contributed by atoms with Gasteiger partial charge in [0.15, 0.2) is 5.75 Å². The summed E-state index contributed by atoms with van der Waals surface area (Å²) in [4.78, 5) is 30.6. The molecule has 0 aliphatic rings. The lowest BCUT2D eigenvalue weighted by molar-refractivity contribution is -0.385. The van der Waals surface area contributed by atoms with Gasteiger partial charge < -0.3 is 15.3 Å². The first kappa shape index (κ1) is 11.4. The number of hydrogen-bond donors (Lipinski definition) is 3. The molecule has 0 aromatic heterocycles. The number of aromatic carboxylic acids is 2. The van der Waals surface area contributed by atoms with Crippen LogP contribution in [0.4, 0.5) is 5.69 Å². The SMILES string of the molecule is O=C(O)c1cc(O)c([N+](=O)[O-])cc1C(=O)O. The molecule has 0 saturated carbocycles. The molecule has 3 N–H and O–H groups in total. The standard InChI is InChI=1S/C8H5NO7/c10-6-2-4(8(13)14)3(7(11)12)1-5(6)9(15)16/h1-2,10H,(H,11,12)(H,13,14). The van der Waals surface area contributed by atoms with Gasteiger partial charge in [-0.05, 0) is 0 Å². The number of carbonyl (C=O) groups is 2. The van der Waals surface area contributed by atoms with Crippen LogP contribution in [-0.4, -0.2) is 32.2 Å². The number of nitro benzene ring substituents is 1. The zero-order chi connectivity index (χ0) is 12.5. The first-order chi connectivity index (χ1) is 7.34. The van der Waals surface area contributed by atoms with Gasteiger partial charge in [0.05, 0.1) is 16.1 Å². The van der Waals surface area contributed by atoms with Crippen LogP contribution in [0.3, 0.4) is 0 Å². The maximum absolute atomic E-state index is 10.6. The third-order valence-electron chi connectivity index (χ3n) is 1.77. The highest BCUT2D eigenvalue weighted by atomic mass is 16.6. The minimum Gasteiger partial charge on any atom is -0.502 e. The molecule has 0 fully saturated rings. The molecule has 8 heteroatoms. The second-order valence-electron chi connectivity index (χ2n) is 2.75. The Bertz CT molecular complexity index is 493. The van der Waals surface area contributed by atoms with E-state index in [0.717, 1.165) is 0 Å². The largest absolute Gasteiger partial charge is 0.502 e. The van der Waals surface area contributed by atoms with Crippen molar-refractivity contribution in [2.45, 2.75) is 0 Å². The Balaban J connectivity index is 3.55. The summed E-state index contributed by atoms with van der Waals surface area (Å²) in [5, 5.41) is 36.8. The topological polar surface area (TPSA) is 138 Å². The van der Waals surface area contributed by atoms with E-state index in [1.807, 2.05) is 0 Å². The highest BCUT2D eigenvalue weighted by molar-refractivity contribution is 6.02. The number of rotatable bonds is 3. The van der Waals surface area contributed by atoms with E-state index in [1.165, 1.54) is 0 Å². The van der Waals surface area contributed by atoms with E-state index in [0.29, 0.717) is 12.1 Å². The maximum Gasteiger partial charge on any atom is 0.336 e. The smallest absolute Gasteiger partial charge is 0.336 e. The molecule has 16 heavy (non-hydrogen) atoms. The van der Waals surface area contributed by atoms with Crippen molar-refractivity contribution in [3.63, 3.8) is 0 Å². The number of benzene rings is 1. The fourth-order valence-corrected chi connectivity index (χ4v) is 1.08. The van der Waals surface area contributed by atoms with Crippen molar-refractivity contribution in [3.05, 3.63) is 33.4 Å². The van der Waals surface area contributed by atoms with E-state index in [1.54, 1.807) is 0 Å². The number of carboxylic acids is 2. The van der Waals surface area contributed by atoms with E-state index < -0.39 is 39.4 Å². The van der Waals surface area contributed by atoms with Gasteiger partial charge in [-0.1, -0.05) is 0 Å². The number of phenolic OH excluding ortho intramolecular Hbond substituents is 1. The molecule has 8 nitrogen and oxygen atoms in total. The van der Waals surface area contributed by atoms with Gasteiger partial charge in [0.2, 0.25) is 0 Å². The quantitative estimate of drug-likeness (QED) is 0.510. The van der Waals surface area contributed by atoms with Crippen LogP contribution in [0.5, 0.6) is 5.75 Å². The molecule has 0 bridgehead atoms. The van der Waals surface area contributed by atoms with E-state index in [4.69, 9.17) is 15.3 Å². The number of hydrogen-bond acceptors (Lipinski definition) is 5. The van der Waals surface area contributed by atoms with Crippen LogP contribution in [0.25, 0.3) is 0 Å². The molecule has 1 aromatic rings. The van der Waals surface area contributed by atoms with Crippen molar-refractivity contribution >= 4 is 17.6 Å². The molecule has 1 aromatic carbocycles. The highest BCUT2D eigenvalue weighted by Crippen LogP contribution is 2.29. The maximum atomic E-state index is 10.6. The van der Waals surface area contributed by atoms with Gasteiger partial charge in [-0.25, -0.2) is 9.59 Å². The van der Waals surface area contributed by atoms with Crippen molar-refractivity contribution in [2.75, 3.05) is 0 Å². The zero-order valence-electron chi connectivity index (χ0n) is 7.58. The summed E-state index contributed by atoms with van der Waals surface area (Å²) in [6.45, 7) is 0. The number of phenols is 1. The van der Waals surface area contributed by atoms with Gasteiger partial charge in [0, 0.05) is 12.1 Å². The lowest BCUT2D eigenvalue weighted by atomic mass is 10.1. The Morgan fingerprint density at radius 2 is 1.56 bits per heavy atom. The van der Waals surface area contributed by atoms with Crippen LogP contribution in [0.2, 0.25) is 0 Å². The molecule has 0 radical (unpaired) electrons. The molecule has 0 amide bonds. The van der Waals surface area contributed by atoms with Crippen LogP contribution >= 0.6 is 0 Å². The van der Waals surface area contributed by atoms with Crippen LogP contribution < -0.4 is 0 Å². The molecular formula is C8H5NO7. The van der Waals surface area contributed by atoms with Crippen LogP contribution in [-0.2, 0) is 0 Å². The number of nitro groups is 1. The minimum atomic E-state index is -1.62. The molecule has 1 rings (SSSR count). The average Bonchev–Trinajstić information content (AvgIpc) is 2.15. The Labute approximate surface area is 87.5 Å². The van der Waals surface area contributed by atoms with Crippen molar-refractivity contribution in [3.8, 4) is 5.75 Å². The van der Waals surface area contributed by atoms with Gasteiger partial charge in [0.25, 0.3) is 0 Å². The minimum absolute atomic E-state index is 0.501. The van der Waals surface area contributed by atoms with Gasteiger partial charge in [-0.3, -0.25) is 10.1 Å². The Morgan fingerprint density at radius 3 is 1.94 bits per heavy atom. The third-order valence-corrected chi connectivity index (χ3v) is 1.77. The van der Waals surface area contributed by atoms with Crippen molar-refractivity contribution in [1.82, 2.24) is 0 Å². The lowest BCUT2D eigenvalue weighted by Gasteiger charge is -2.02. The molecule has 0 aliphatic heterocycles. The van der Waals surface area contributed by atoms with Gasteiger partial charge >= 0.3 is 17.6 Å². The molecule has 0 unspecified atom stereocenters. The summed E-state index contributed by atoms with van der Waals surface area (Å²) in [6, 6.07) is 1.03. The van der Waals surface area contributed by atoms with E-state index >= 15 is 0 Å². The summed E-state index contributed by atoms with van der Waals surface area (Å²) in [5.41, 5.74) is -2.32. The molecule has 0 atom stereocenters. The summed E-state index contributed by atoms with van der Waals surface area (Å²) < 4.78 is 0. The zero-order valence-corrected chi connectivity index (χ0v) is 7.58. The summed E-state index contributed by atoms with van der Waals surface area (Å²) in [5.74, 6) is -4.12. The van der Waals surface area contributed by atoms with Crippen LogP contribution in [0, 0.1) is 10.1 Å². The Hall–Kier alpha value is -2.64. The van der Waals surface area contributed by atoms with Crippen LogP contribution in [0.1, 0.15) is 20.7 Å². The van der Waals surface area contributed by atoms with E-state index in [-0.39, 0.29) is 0 Å². The number of nitrogens with zero attached hydrogens (tertiary/aromatic N) is 1. The van der Waals surface area contributed by atoms with Crippen LogP contribution in [0.15, 0.2) is 12.1 Å². The summed E-state index contributed by atoms with van der Waals surface area (Å²) in [6.07, 6.45) is 0. The Morgan fingerprint density at radius 1 is 1.12 bits per heavy atom. The number of carboxylic acid groups (broad SMARTS) is 2. The lowest BCUT2D eigenvalue weighted by Crippen LogP contribution is -2.08. The summed E-state index contributed by atoms with van der Waals surface area (Å²) in [7, 11) is 0. The molecule has 0 aliphatic carbocycles. The van der Waals surface area contributed by atoms with Gasteiger partial charge in [0.1, 0.15) is 0 Å². The summed E-state index contributed by atoms with van der Waals surface area (Å²) >= 11 is 0. The number of aromatic hydroxyl groups is 1. The van der Waals surface area contributed by atoms with E-state index in [2.05, 4.69) is 0 Å². The van der Waals surface area contributed by atoms with Crippen molar-refractivity contribution < 1.29 is 29.8 Å². The van der Waals surface area contributed by atoms with Gasteiger partial charge in [-0.2, -0.15) is 0 Å². The van der Waals surface area contributed by atoms with Crippen molar-refractivity contribution in [1.29, 1.82) is 0 Å². The monoisotopic (exact) mass is 227 g/mol. The Kier molecular flexibility index (Phi) is 2.75. The molecule has 0 heterocycles. The fourth-order valence-electron chi connectivity index (χ4n) is 1.08. The molecule has 0 saturated heterocycles.